The molecule has 0 aliphatic rings. The molecular weight excluding hydrogens is 272 g/mol. The van der Waals surface area contributed by atoms with Gasteiger partial charge in [0.25, 0.3) is 0 Å². The number of hydrogen-bond donors (Lipinski definition) is 0. The number of aryl methyl sites for hydroxylation is 1. The van der Waals surface area contributed by atoms with Crippen molar-refractivity contribution >= 4 is 6.29 Å². The standard InChI is InChI=1S/C19H18N2O/c1-15-19(17-10-6-3-7-11-17)20-18(14-22)21(15)13-12-16-8-4-2-5-9-16/h2-11,14H,12-13H2,1H3. The molecule has 1 heterocycles. The number of carbonyl (C=O) groups is 1. The van der Waals surface area contributed by atoms with Crippen LogP contribution in [0.5, 0.6) is 0 Å². The van der Waals surface area contributed by atoms with Crippen molar-refractivity contribution in [3.8, 4) is 11.3 Å². The van der Waals surface area contributed by atoms with Gasteiger partial charge < -0.3 is 4.57 Å². The van der Waals surface area contributed by atoms with Crippen LogP contribution in [0.2, 0.25) is 0 Å². The quantitative estimate of drug-likeness (QED) is 0.668. The lowest BCUT2D eigenvalue weighted by atomic mass is 10.1. The molecule has 3 heteroatoms. The second-order valence-electron chi connectivity index (χ2n) is 5.28. The number of imidazole rings is 1. The minimum Gasteiger partial charge on any atom is -0.325 e. The molecule has 0 atom stereocenters. The molecule has 0 fully saturated rings. The van der Waals surface area contributed by atoms with Gasteiger partial charge in [0.05, 0.1) is 5.69 Å². The highest BCUT2D eigenvalue weighted by Gasteiger charge is 2.14. The van der Waals surface area contributed by atoms with Crippen LogP contribution >= 0.6 is 0 Å². The van der Waals surface area contributed by atoms with E-state index in [1.807, 2.05) is 60.0 Å². The predicted octanol–water partition coefficient (Wildman–Crippen LogP) is 3.91. The molecule has 0 radical (unpaired) electrons. The minimum absolute atomic E-state index is 0.493. The second kappa shape index (κ2) is 6.39. The van der Waals surface area contributed by atoms with Crippen molar-refractivity contribution < 1.29 is 4.79 Å². The van der Waals surface area contributed by atoms with Gasteiger partial charge in [-0.15, -0.1) is 0 Å². The molecule has 0 N–H and O–H groups in total. The third-order valence-corrected chi connectivity index (χ3v) is 3.87. The smallest absolute Gasteiger partial charge is 0.185 e. The van der Waals surface area contributed by atoms with E-state index >= 15 is 0 Å². The van der Waals surface area contributed by atoms with Crippen LogP contribution in [0, 0.1) is 6.92 Å². The lowest BCUT2D eigenvalue weighted by Gasteiger charge is -2.08. The topological polar surface area (TPSA) is 34.9 Å². The van der Waals surface area contributed by atoms with E-state index in [1.54, 1.807) is 0 Å². The Hall–Kier alpha value is -2.68. The van der Waals surface area contributed by atoms with Gasteiger partial charge >= 0.3 is 0 Å². The van der Waals surface area contributed by atoms with E-state index < -0.39 is 0 Å². The highest BCUT2D eigenvalue weighted by Crippen LogP contribution is 2.23. The van der Waals surface area contributed by atoms with E-state index in [0.717, 1.165) is 36.2 Å². The minimum atomic E-state index is 0.493. The highest BCUT2D eigenvalue weighted by atomic mass is 16.1. The molecule has 0 aliphatic carbocycles. The summed E-state index contributed by atoms with van der Waals surface area (Å²) in [5, 5.41) is 0. The summed E-state index contributed by atoms with van der Waals surface area (Å²) in [5.41, 5.74) is 4.22. The van der Waals surface area contributed by atoms with Crippen LogP contribution in [0.4, 0.5) is 0 Å². The first kappa shape index (κ1) is 14.3. The van der Waals surface area contributed by atoms with Gasteiger partial charge in [-0.2, -0.15) is 0 Å². The van der Waals surface area contributed by atoms with E-state index in [0.29, 0.717) is 5.82 Å². The van der Waals surface area contributed by atoms with Crippen LogP contribution in [-0.4, -0.2) is 15.8 Å². The summed E-state index contributed by atoms with van der Waals surface area (Å²) in [6.07, 6.45) is 1.72. The first-order valence-corrected chi connectivity index (χ1v) is 7.41. The Morgan fingerprint density at radius 1 is 1.00 bits per heavy atom. The Morgan fingerprint density at radius 3 is 2.27 bits per heavy atom. The zero-order chi connectivity index (χ0) is 15.4. The van der Waals surface area contributed by atoms with E-state index in [9.17, 15) is 4.79 Å². The molecule has 0 unspecified atom stereocenters. The maximum Gasteiger partial charge on any atom is 0.185 e. The Bertz CT molecular complexity index is 761. The van der Waals surface area contributed by atoms with Gasteiger partial charge in [-0.25, -0.2) is 4.98 Å². The average molecular weight is 290 g/mol. The first-order valence-electron chi connectivity index (χ1n) is 7.41. The summed E-state index contributed by atoms with van der Waals surface area (Å²) < 4.78 is 2.00. The van der Waals surface area contributed by atoms with Gasteiger partial charge in [-0.1, -0.05) is 60.7 Å². The summed E-state index contributed by atoms with van der Waals surface area (Å²) in [4.78, 5) is 15.9. The zero-order valence-corrected chi connectivity index (χ0v) is 12.6. The molecule has 3 aromatic rings. The van der Waals surface area contributed by atoms with Gasteiger partial charge in [0.2, 0.25) is 0 Å². The average Bonchev–Trinajstić information content (AvgIpc) is 2.90. The monoisotopic (exact) mass is 290 g/mol. The molecule has 0 saturated heterocycles. The van der Waals surface area contributed by atoms with Crippen LogP contribution < -0.4 is 0 Å². The maximum absolute atomic E-state index is 11.4. The normalized spacial score (nSPS) is 10.6. The summed E-state index contributed by atoms with van der Waals surface area (Å²) in [6.45, 7) is 2.77. The Morgan fingerprint density at radius 2 is 1.64 bits per heavy atom. The van der Waals surface area contributed by atoms with Gasteiger partial charge in [0.1, 0.15) is 0 Å². The molecule has 2 aromatic carbocycles. The van der Waals surface area contributed by atoms with E-state index in [1.165, 1.54) is 5.56 Å². The summed E-state index contributed by atoms with van der Waals surface area (Å²) in [7, 11) is 0. The SMILES string of the molecule is Cc1c(-c2ccccc2)nc(C=O)n1CCc1ccccc1. The van der Waals surface area contributed by atoms with Gasteiger partial charge in [0, 0.05) is 17.8 Å². The molecule has 0 aliphatic heterocycles. The number of aldehydes is 1. The van der Waals surface area contributed by atoms with Gasteiger partial charge in [0.15, 0.2) is 12.1 Å². The molecule has 22 heavy (non-hydrogen) atoms. The Kier molecular flexibility index (Phi) is 4.15. The van der Waals surface area contributed by atoms with Crippen LogP contribution in [0.1, 0.15) is 21.9 Å². The number of benzene rings is 2. The van der Waals surface area contributed by atoms with Crippen molar-refractivity contribution in [1.82, 2.24) is 9.55 Å². The van der Waals surface area contributed by atoms with Crippen LogP contribution in [-0.2, 0) is 13.0 Å². The van der Waals surface area contributed by atoms with Gasteiger partial charge in [-0.05, 0) is 18.9 Å². The van der Waals surface area contributed by atoms with Crippen molar-refractivity contribution in [2.75, 3.05) is 0 Å². The molecular formula is C19H18N2O. The largest absolute Gasteiger partial charge is 0.325 e. The first-order chi connectivity index (χ1) is 10.8. The van der Waals surface area contributed by atoms with Crippen LogP contribution in [0.3, 0.4) is 0 Å². The van der Waals surface area contributed by atoms with Crippen LogP contribution in [0.15, 0.2) is 60.7 Å². The fourth-order valence-electron chi connectivity index (χ4n) is 2.68. The van der Waals surface area contributed by atoms with E-state index in [-0.39, 0.29) is 0 Å². The number of aromatic nitrogens is 2. The number of carbonyl (C=O) groups excluding carboxylic acids is 1. The molecule has 0 saturated carbocycles. The molecule has 0 bridgehead atoms. The number of hydrogen-bond acceptors (Lipinski definition) is 2. The summed E-state index contributed by atoms with van der Waals surface area (Å²) >= 11 is 0. The fraction of sp³-hybridized carbons (Fsp3) is 0.158. The molecule has 110 valence electrons. The highest BCUT2D eigenvalue weighted by molar-refractivity contribution is 5.74. The van der Waals surface area contributed by atoms with Crippen molar-refractivity contribution in [3.05, 3.63) is 77.7 Å². The maximum atomic E-state index is 11.4. The number of rotatable bonds is 5. The van der Waals surface area contributed by atoms with Crippen molar-refractivity contribution in [3.63, 3.8) is 0 Å². The summed E-state index contributed by atoms with van der Waals surface area (Å²) in [6, 6.07) is 20.3. The van der Waals surface area contributed by atoms with Crippen molar-refractivity contribution in [1.29, 1.82) is 0 Å². The molecule has 1 aromatic heterocycles. The molecule has 0 amide bonds. The third kappa shape index (κ3) is 2.84. The van der Waals surface area contributed by atoms with Gasteiger partial charge in [-0.3, -0.25) is 4.79 Å². The Balaban J connectivity index is 1.91. The van der Waals surface area contributed by atoms with Crippen LogP contribution in [0.25, 0.3) is 11.3 Å². The fourth-order valence-corrected chi connectivity index (χ4v) is 2.68. The Labute approximate surface area is 130 Å². The molecule has 3 nitrogen and oxygen atoms in total. The lowest BCUT2D eigenvalue weighted by molar-refractivity contribution is 0.111. The van der Waals surface area contributed by atoms with E-state index in [4.69, 9.17) is 0 Å². The zero-order valence-electron chi connectivity index (χ0n) is 12.6. The molecule has 0 spiro atoms. The summed E-state index contributed by atoms with van der Waals surface area (Å²) in [5.74, 6) is 0.493. The lowest BCUT2D eigenvalue weighted by Crippen LogP contribution is -2.07. The van der Waals surface area contributed by atoms with E-state index in [2.05, 4.69) is 17.1 Å². The van der Waals surface area contributed by atoms with Crippen molar-refractivity contribution in [2.45, 2.75) is 19.9 Å². The predicted molar refractivity (Wildman–Crippen MR) is 87.9 cm³/mol. The second-order valence-corrected chi connectivity index (χ2v) is 5.28. The molecule has 3 rings (SSSR count). The number of nitrogens with zero attached hydrogens (tertiary/aromatic N) is 2. The third-order valence-electron chi connectivity index (χ3n) is 3.87. The van der Waals surface area contributed by atoms with Crippen molar-refractivity contribution in [2.24, 2.45) is 0 Å².